The molecule has 1 aliphatic rings. The first-order chi connectivity index (χ1) is 10.4. The molecule has 1 aromatic heterocycles. The third-order valence-corrected chi connectivity index (χ3v) is 4.41. The summed E-state index contributed by atoms with van der Waals surface area (Å²) in [5.41, 5.74) is 0.586. The van der Waals surface area contributed by atoms with Crippen molar-refractivity contribution in [1.29, 1.82) is 0 Å². The van der Waals surface area contributed by atoms with Gasteiger partial charge < -0.3 is 15.0 Å². The number of rotatable bonds is 3. The van der Waals surface area contributed by atoms with Crippen LogP contribution < -0.4 is 0 Å². The summed E-state index contributed by atoms with van der Waals surface area (Å²) in [6, 6.07) is 4.40. The minimum atomic E-state index is -0.870. The lowest BCUT2D eigenvalue weighted by Gasteiger charge is -2.20. The number of aliphatic carboxylic acids is 1. The van der Waals surface area contributed by atoms with Gasteiger partial charge in [0.2, 0.25) is 5.91 Å². The number of carboxylic acids is 1. The van der Waals surface area contributed by atoms with Gasteiger partial charge in [0.05, 0.1) is 11.8 Å². The summed E-state index contributed by atoms with van der Waals surface area (Å²) in [7, 11) is 0. The normalized spacial score (nSPS) is 21.5. The monoisotopic (exact) mass is 304 g/mol. The Morgan fingerprint density at radius 1 is 1.45 bits per heavy atom. The zero-order chi connectivity index (χ0) is 15.9. The first kappa shape index (κ1) is 14.6. The van der Waals surface area contributed by atoms with Gasteiger partial charge in [-0.05, 0) is 37.1 Å². The number of aromatic amines is 1. The molecule has 1 fully saturated rings. The van der Waals surface area contributed by atoms with Crippen LogP contribution in [0.2, 0.25) is 0 Å². The molecular weight excluding hydrogens is 287 g/mol. The number of carboxylic acid groups (broad SMARTS) is 1. The van der Waals surface area contributed by atoms with E-state index < -0.39 is 11.4 Å². The zero-order valence-corrected chi connectivity index (χ0v) is 12.2. The number of fused-ring (bicyclic) bond motifs is 1. The van der Waals surface area contributed by atoms with Crippen LogP contribution in [0, 0.1) is 11.2 Å². The lowest BCUT2D eigenvalue weighted by Crippen LogP contribution is -2.35. The van der Waals surface area contributed by atoms with Gasteiger partial charge in [0.25, 0.3) is 0 Å². The van der Waals surface area contributed by atoms with E-state index in [2.05, 4.69) is 4.98 Å². The molecule has 0 unspecified atom stereocenters. The summed E-state index contributed by atoms with van der Waals surface area (Å²) in [5, 5.41) is 10.0. The molecule has 1 saturated heterocycles. The van der Waals surface area contributed by atoms with Crippen molar-refractivity contribution < 1.29 is 19.1 Å². The number of hydrogen-bond acceptors (Lipinski definition) is 2. The van der Waals surface area contributed by atoms with Gasteiger partial charge in [-0.25, -0.2) is 4.39 Å². The van der Waals surface area contributed by atoms with Crippen LogP contribution in [0.1, 0.15) is 18.9 Å². The summed E-state index contributed by atoms with van der Waals surface area (Å²) >= 11 is 0. The van der Waals surface area contributed by atoms with Crippen molar-refractivity contribution in [2.75, 3.05) is 13.1 Å². The van der Waals surface area contributed by atoms with Crippen LogP contribution in [0.3, 0.4) is 0 Å². The highest BCUT2D eigenvalue weighted by Crippen LogP contribution is 2.31. The van der Waals surface area contributed by atoms with E-state index in [1.165, 1.54) is 12.1 Å². The predicted molar refractivity (Wildman–Crippen MR) is 78.9 cm³/mol. The van der Waals surface area contributed by atoms with Crippen LogP contribution >= 0.6 is 0 Å². The molecule has 1 atom stereocenters. The van der Waals surface area contributed by atoms with E-state index in [1.54, 1.807) is 24.1 Å². The highest BCUT2D eigenvalue weighted by Gasteiger charge is 2.41. The molecule has 0 aliphatic carbocycles. The van der Waals surface area contributed by atoms with E-state index >= 15 is 0 Å². The van der Waals surface area contributed by atoms with Crippen LogP contribution in [0.25, 0.3) is 10.9 Å². The Kier molecular flexibility index (Phi) is 3.39. The topological polar surface area (TPSA) is 73.4 Å². The maximum absolute atomic E-state index is 13.2. The molecular formula is C16H17FN2O3. The molecule has 0 bridgehead atoms. The van der Waals surface area contributed by atoms with Crippen LogP contribution in [-0.2, 0) is 16.0 Å². The molecule has 0 radical (unpaired) electrons. The van der Waals surface area contributed by atoms with Gasteiger partial charge in [0, 0.05) is 30.2 Å². The highest BCUT2D eigenvalue weighted by atomic mass is 19.1. The Morgan fingerprint density at radius 2 is 2.23 bits per heavy atom. The SMILES string of the molecule is C[C@]1(C(=O)O)CCN(C(=O)Cc2c[nH]c3cc(F)ccc23)C1. The largest absolute Gasteiger partial charge is 0.481 e. The Hall–Kier alpha value is -2.37. The maximum atomic E-state index is 13.2. The van der Waals surface area contributed by atoms with E-state index in [0.29, 0.717) is 18.5 Å². The van der Waals surface area contributed by atoms with Gasteiger partial charge in [0.1, 0.15) is 5.82 Å². The van der Waals surface area contributed by atoms with Crippen molar-refractivity contribution in [1.82, 2.24) is 9.88 Å². The van der Waals surface area contributed by atoms with Crippen molar-refractivity contribution >= 4 is 22.8 Å². The van der Waals surface area contributed by atoms with Crippen molar-refractivity contribution in [2.45, 2.75) is 19.8 Å². The second-order valence-electron chi connectivity index (χ2n) is 6.11. The molecule has 0 saturated carbocycles. The number of benzene rings is 1. The molecule has 2 aromatic rings. The van der Waals surface area contributed by atoms with Crippen molar-refractivity contribution in [2.24, 2.45) is 5.41 Å². The molecule has 6 heteroatoms. The zero-order valence-electron chi connectivity index (χ0n) is 12.2. The van der Waals surface area contributed by atoms with Gasteiger partial charge in [0.15, 0.2) is 0 Å². The number of likely N-dealkylation sites (tertiary alicyclic amines) is 1. The number of aromatic nitrogens is 1. The fourth-order valence-corrected chi connectivity index (χ4v) is 2.93. The molecule has 2 N–H and O–H groups in total. The number of amides is 1. The summed E-state index contributed by atoms with van der Waals surface area (Å²) < 4.78 is 13.2. The summed E-state index contributed by atoms with van der Waals surface area (Å²) in [4.78, 5) is 28.2. The molecule has 1 aliphatic heterocycles. The number of nitrogens with zero attached hydrogens (tertiary/aromatic N) is 1. The number of halogens is 1. The van der Waals surface area contributed by atoms with Crippen LogP contribution in [0.15, 0.2) is 24.4 Å². The Labute approximate surface area is 126 Å². The Balaban J connectivity index is 1.76. The fourth-order valence-electron chi connectivity index (χ4n) is 2.93. The summed E-state index contributed by atoms with van der Waals surface area (Å²) in [6.07, 6.45) is 2.35. The molecule has 1 amide bonds. The molecule has 1 aromatic carbocycles. The molecule has 2 heterocycles. The van der Waals surface area contributed by atoms with Gasteiger partial charge in [-0.2, -0.15) is 0 Å². The van der Waals surface area contributed by atoms with Crippen LogP contribution in [0.4, 0.5) is 4.39 Å². The quantitative estimate of drug-likeness (QED) is 0.912. The van der Waals surface area contributed by atoms with Gasteiger partial charge in [-0.1, -0.05) is 0 Å². The molecule has 5 nitrogen and oxygen atoms in total. The number of carbonyl (C=O) groups excluding carboxylic acids is 1. The van der Waals surface area contributed by atoms with Crippen molar-refractivity contribution in [3.8, 4) is 0 Å². The second kappa shape index (κ2) is 5.12. The van der Waals surface area contributed by atoms with Gasteiger partial charge >= 0.3 is 5.97 Å². The number of carbonyl (C=O) groups is 2. The second-order valence-corrected chi connectivity index (χ2v) is 6.11. The molecule has 3 rings (SSSR count). The van der Waals surface area contributed by atoms with Gasteiger partial charge in [-0.15, -0.1) is 0 Å². The van der Waals surface area contributed by atoms with E-state index in [4.69, 9.17) is 0 Å². The summed E-state index contributed by atoms with van der Waals surface area (Å²) in [6.45, 7) is 2.36. The highest BCUT2D eigenvalue weighted by molar-refractivity contribution is 5.89. The first-order valence-corrected chi connectivity index (χ1v) is 7.16. The Morgan fingerprint density at radius 3 is 2.91 bits per heavy atom. The smallest absolute Gasteiger partial charge is 0.311 e. The standard InChI is InChI=1S/C16H17FN2O3/c1-16(15(21)22)4-5-19(9-16)14(20)6-10-8-18-13-7-11(17)2-3-12(10)13/h2-3,7-8,18H,4-6,9H2,1H3,(H,21,22)/t16-/m0/s1. The van der Waals surface area contributed by atoms with E-state index in [-0.39, 0.29) is 24.7 Å². The third-order valence-electron chi connectivity index (χ3n) is 4.41. The minimum absolute atomic E-state index is 0.102. The summed E-state index contributed by atoms with van der Waals surface area (Å²) in [5.74, 6) is -1.30. The first-order valence-electron chi connectivity index (χ1n) is 7.16. The average Bonchev–Trinajstić information content (AvgIpc) is 3.04. The number of hydrogen-bond donors (Lipinski definition) is 2. The molecule has 0 spiro atoms. The lowest BCUT2D eigenvalue weighted by molar-refractivity contribution is -0.147. The van der Waals surface area contributed by atoms with E-state index in [0.717, 1.165) is 10.9 Å². The maximum Gasteiger partial charge on any atom is 0.311 e. The average molecular weight is 304 g/mol. The number of nitrogens with one attached hydrogen (secondary N) is 1. The number of H-pyrrole nitrogens is 1. The third kappa shape index (κ3) is 2.45. The predicted octanol–water partition coefficient (Wildman–Crippen LogP) is 2.17. The van der Waals surface area contributed by atoms with Crippen LogP contribution in [-0.4, -0.2) is 40.0 Å². The molecule has 22 heavy (non-hydrogen) atoms. The van der Waals surface area contributed by atoms with Crippen LogP contribution in [0.5, 0.6) is 0 Å². The molecule has 116 valence electrons. The fraction of sp³-hybridized carbons (Fsp3) is 0.375. The van der Waals surface area contributed by atoms with Gasteiger partial charge in [-0.3, -0.25) is 9.59 Å². The van der Waals surface area contributed by atoms with E-state index in [9.17, 15) is 19.1 Å². The van der Waals surface area contributed by atoms with Crippen molar-refractivity contribution in [3.63, 3.8) is 0 Å². The lowest BCUT2D eigenvalue weighted by atomic mass is 9.90. The van der Waals surface area contributed by atoms with E-state index in [1.807, 2.05) is 0 Å². The Bertz CT molecular complexity index is 755. The van der Waals surface area contributed by atoms with Crippen molar-refractivity contribution in [3.05, 3.63) is 35.8 Å². The minimum Gasteiger partial charge on any atom is -0.481 e.